The fraction of sp³-hybridized carbons (Fsp3) is 0.529. The van der Waals surface area contributed by atoms with Crippen molar-refractivity contribution in [1.82, 2.24) is 10.2 Å². The first-order chi connectivity index (χ1) is 10.2. The van der Waals surface area contributed by atoms with E-state index in [0.29, 0.717) is 19.4 Å². The lowest BCUT2D eigenvalue weighted by Crippen LogP contribution is -2.29. The summed E-state index contributed by atoms with van der Waals surface area (Å²) in [7, 11) is 0. The lowest BCUT2D eigenvalue weighted by molar-refractivity contribution is -0.128. The second kappa shape index (κ2) is 6.29. The van der Waals surface area contributed by atoms with Gasteiger partial charge in [0.05, 0.1) is 6.04 Å². The summed E-state index contributed by atoms with van der Waals surface area (Å²) in [4.78, 5) is 25.4. The Morgan fingerprint density at radius 1 is 1.29 bits per heavy atom. The molecule has 1 fully saturated rings. The number of rotatable bonds is 5. The van der Waals surface area contributed by atoms with Crippen molar-refractivity contribution in [1.29, 1.82) is 0 Å². The molecule has 1 unspecified atom stereocenters. The molecule has 3 rings (SSSR count). The maximum Gasteiger partial charge on any atom is 0.222 e. The molecule has 0 aromatic heterocycles. The number of hydrogen-bond acceptors (Lipinski definition) is 2. The van der Waals surface area contributed by atoms with E-state index in [2.05, 4.69) is 23.5 Å². The Balaban J connectivity index is 1.44. The van der Waals surface area contributed by atoms with E-state index in [9.17, 15) is 9.59 Å². The van der Waals surface area contributed by atoms with Crippen LogP contribution in [0.1, 0.15) is 49.3 Å². The zero-order valence-electron chi connectivity index (χ0n) is 12.3. The van der Waals surface area contributed by atoms with Crippen molar-refractivity contribution in [2.24, 2.45) is 0 Å². The molecule has 2 aliphatic rings. The zero-order valence-corrected chi connectivity index (χ0v) is 12.3. The molecule has 2 amide bonds. The molecular formula is C17H22N2O2. The number of carbonyl (C=O) groups is 2. The third-order valence-electron chi connectivity index (χ3n) is 4.47. The van der Waals surface area contributed by atoms with E-state index in [1.165, 1.54) is 11.1 Å². The summed E-state index contributed by atoms with van der Waals surface area (Å²) in [5.74, 6) is 0.337. The van der Waals surface area contributed by atoms with Crippen molar-refractivity contribution in [2.75, 3.05) is 13.1 Å². The number of amides is 2. The minimum absolute atomic E-state index is 0.100. The second-order valence-electron chi connectivity index (χ2n) is 5.95. The first-order valence-corrected chi connectivity index (χ1v) is 7.89. The van der Waals surface area contributed by atoms with Crippen LogP contribution in [-0.4, -0.2) is 29.8 Å². The molecule has 0 spiro atoms. The summed E-state index contributed by atoms with van der Waals surface area (Å²) < 4.78 is 0. The van der Waals surface area contributed by atoms with Gasteiger partial charge in [-0.1, -0.05) is 24.3 Å². The monoisotopic (exact) mass is 286 g/mol. The van der Waals surface area contributed by atoms with Crippen LogP contribution in [0.25, 0.3) is 0 Å². The van der Waals surface area contributed by atoms with Crippen LogP contribution in [-0.2, 0) is 16.0 Å². The van der Waals surface area contributed by atoms with Gasteiger partial charge >= 0.3 is 0 Å². The van der Waals surface area contributed by atoms with Gasteiger partial charge in [0.25, 0.3) is 0 Å². The molecule has 1 heterocycles. The molecule has 1 N–H and O–H groups in total. The Morgan fingerprint density at radius 3 is 2.95 bits per heavy atom. The Hall–Kier alpha value is -1.84. The average Bonchev–Trinajstić information content (AvgIpc) is 3.07. The van der Waals surface area contributed by atoms with Crippen molar-refractivity contribution in [3.8, 4) is 0 Å². The highest BCUT2D eigenvalue weighted by atomic mass is 16.2. The lowest BCUT2D eigenvalue weighted by Gasteiger charge is -2.16. The number of carbonyl (C=O) groups excluding carboxylic acids is 2. The van der Waals surface area contributed by atoms with Crippen LogP contribution in [0.2, 0.25) is 0 Å². The maximum atomic E-state index is 12.0. The topological polar surface area (TPSA) is 49.4 Å². The summed E-state index contributed by atoms with van der Waals surface area (Å²) in [6.07, 6.45) is 4.93. The SMILES string of the molecule is O=C(CCCN1CCCC1=O)NC1CCc2ccccc21. The van der Waals surface area contributed by atoms with Crippen LogP contribution in [0.4, 0.5) is 0 Å². The molecule has 1 aliphatic carbocycles. The van der Waals surface area contributed by atoms with E-state index in [0.717, 1.165) is 32.2 Å². The predicted molar refractivity (Wildman–Crippen MR) is 80.7 cm³/mol. The number of fused-ring (bicyclic) bond motifs is 1. The zero-order chi connectivity index (χ0) is 14.7. The largest absolute Gasteiger partial charge is 0.349 e. The van der Waals surface area contributed by atoms with Gasteiger partial charge in [-0.3, -0.25) is 9.59 Å². The van der Waals surface area contributed by atoms with Crippen molar-refractivity contribution >= 4 is 11.8 Å². The summed E-state index contributed by atoms with van der Waals surface area (Å²) in [6.45, 7) is 1.57. The summed E-state index contributed by atoms with van der Waals surface area (Å²) in [5, 5.41) is 3.13. The Morgan fingerprint density at radius 2 is 2.14 bits per heavy atom. The van der Waals surface area contributed by atoms with Gasteiger partial charge in [-0.15, -0.1) is 0 Å². The first kappa shape index (κ1) is 14.1. The van der Waals surface area contributed by atoms with Crippen LogP contribution in [0.5, 0.6) is 0 Å². The van der Waals surface area contributed by atoms with Crippen molar-refractivity contribution < 1.29 is 9.59 Å². The Bertz CT molecular complexity index is 541. The maximum absolute atomic E-state index is 12.0. The molecule has 1 aromatic carbocycles. The average molecular weight is 286 g/mol. The van der Waals surface area contributed by atoms with Gasteiger partial charge in [-0.05, 0) is 36.8 Å². The molecule has 4 heteroatoms. The number of nitrogens with one attached hydrogen (secondary N) is 1. The standard InChI is InChI=1S/C17H22N2O2/c20-16(7-3-11-19-12-4-8-17(19)21)18-15-10-9-13-5-1-2-6-14(13)15/h1-2,5-6,15H,3-4,7-12H2,(H,18,20). The van der Waals surface area contributed by atoms with E-state index in [4.69, 9.17) is 0 Å². The Kier molecular flexibility index (Phi) is 4.23. The quantitative estimate of drug-likeness (QED) is 0.902. The summed E-state index contributed by atoms with van der Waals surface area (Å²) in [6, 6.07) is 8.50. The molecule has 1 saturated heterocycles. The molecule has 21 heavy (non-hydrogen) atoms. The fourth-order valence-corrected chi connectivity index (χ4v) is 3.34. The van der Waals surface area contributed by atoms with Gasteiger partial charge in [0.1, 0.15) is 0 Å². The van der Waals surface area contributed by atoms with E-state index >= 15 is 0 Å². The summed E-state index contributed by atoms with van der Waals surface area (Å²) >= 11 is 0. The van der Waals surface area contributed by atoms with Crippen LogP contribution in [0.15, 0.2) is 24.3 Å². The molecule has 0 radical (unpaired) electrons. The highest BCUT2D eigenvalue weighted by Crippen LogP contribution is 2.30. The minimum atomic E-state index is 0.100. The number of likely N-dealkylation sites (tertiary alicyclic amines) is 1. The minimum Gasteiger partial charge on any atom is -0.349 e. The van der Waals surface area contributed by atoms with Gasteiger partial charge in [-0.25, -0.2) is 0 Å². The van der Waals surface area contributed by atoms with Gasteiger partial charge in [0.15, 0.2) is 0 Å². The van der Waals surface area contributed by atoms with E-state index in [-0.39, 0.29) is 17.9 Å². The normalized spacial score (nSPS) is 20.7. The number of benzene rings is 1. The fourth-order valence-electron chi connectivity index (χ4n) is 3.34. The third kappa shape index (κ3) is 3.26. The van der Waals surface area contributed by atoms with E-state index < -0.39 is 0 Å². The van der Waals surface area contributed by atoms with Crippen LogP contribution >= 0.6 is 0 Å². The van der Waals surface area contributed by atoms with E-state index in [1.54, 1.807) is 0 Å². The molecule has 0 saturated carbocycles. The number of aryl methyl sites for hydroxylation is 1. The number of hydrogen-bond donors (Lipinski definition) is 1. The molecular weight excluding hydrogens is 264 g/mol. The lowest BCUT2D eigenvalue weighted by atomic mass is 10.1. The van der Waals surface area contributed by atoms with Gasteiger partial charge in [0, 0.05) is 25.9 Å². The molecule has 1 aromatic rings. The van der Waals surface area contributed by atoms with Gasteiger partial charge in [-0.2, -0.15) is 0 Å². The smallest absolute Gasteiger partial charge is 0.222 e. The van der Waals surface area contributed by atoms with Crippen LogP contribution < -0.4 is 5.32 Å². The van der Waals surface area contributed by atoms with Crippen molar-refractivity contribution in [3.05, 3.63) is 35.4 Å². The molecule has 1 atom stereocenters. The van der Waals surface area contributed by atoms with Crippen LogP contribution in [0, 0.1) is 0 Å². The number of nitrogens with zero attached hydrogens (tertiary/aromatic N) is 1. The van der Waals surface area contributed by atoms with Crippen molar-refractivity contribution in [2.45, 2.75) is 44.6 Å². The predicted octanol–water partition coefficient (Wildman–Crippen LogP) is 2.19. The van der Waals surface area contributed by atoms with Gasteiger partial charge < -0.3 is 10.2 Å². The molecule has 1 aliphatic heterocycles. The third-order valence-corrected chi connectivity index (χ3v) is 4.47. The molecule has 0 bridgehead atoms. The summed E-state index contributed by atoms with van der Waals surface area (Å²) in [5.41, 5.74) is 2.62. The van der Waals surface area contributed by atoms with E-state index in [1.807, 2.05) is 11.0 Å². The highest BCUT2D eigenvalue weighted by molar-refractivity contribution is 5.78. The van der Waals surface area contributed by atoms with Crippen LogP contribution in [0.3, 0.4) is 0 Å². The Labute approximate surface area is 125 Å². The van der Waals surface area contributed by atoms with Gasteiger partial charge in [0.2, 0.25) is 11.8 Å². The molecule has 112 valence electrons. The highest BCUT2D eigenvalue weighted by Gasteiger charge is 2.23. The van der Waals surface area contributed by atoms with Crippen molar-refractivity contribution in [3.63, 3.8) is 0 Å². The first-order valence-electron chi connectivity index (χ1n) is 7.89. The molecule has 4 nitrogen and oxygen atoms in total. The second-order valence-corrected chi connectivity index (χ2v) is 5.95.